The Balaban J connectivity index is 2.21. The molecular formula is C19H27N3O2. The van der Waals surface area contributed by atoms with Crippen LogP contribution in [0.2, 0.25) is 0 Å². The van der Waals surface area contributed by atoms with Gasteiger partial charge in [0.1, 0.15) is 0 Å². The molecule has 0 radical (unpaired) electrons. The molecule has 0 bridgehead atoms. The molecule has 0 amide bonds. The molecule has 3 N–H and O–H groups in total. The first-order chi connectivity index (χ1) is 11.6. The lowest BCUT2D eigenvalue weighted by Crippen LogP contribution is -2.30. The molecule has 0 aliphatic carbocycles. The molecule has 3 rings (SSSR count). The molecular weight excluding hydrogens is 302 g/mol. The molecule has 0 atom stereocenters. The predicted molar refractivity (Wildman–Crippen MR) is 96.6 cm³/mol. The highest BCUT2D eigenvalue weighted by molar-refractivity contribution is 6.05. The quantitative estimate of drug-likeness (QED) is 0.800. The number of rotatable bonds is 6. The van der Waals surface area contributed by atoms with Crippen LogP contribution in [-0.4, -0.2) is 40.2 Å². The number of unbranched alkanes of at least 4 members (excludes halogenated alkanes) is 1. The summed E-state index contributed by atoms with van der Waals surface area (Å²) in [7, 11) is 0. The Labute approximate surface area is 143 Å². The van der Waals surface area contributed by atoms with Gasteiger partial charge in [0.05, 0.1) is 11.1 Å². The van der Waals surface area contributed by atoms with Gasteiger partial charge in [-0.3, -0.25) is 4.90 Å². The Hall–Kier alpha value is -1.85. The third-order valence-corrected chi connectivity index (χ3v) is 5.20. The number of carboxylic acids is 1. The normalized spacial score (nSPS) is 15.0. The van der Waals surface area contributed by atoms with Crippen molar-refractivity contribution in [3.63, 3.8) is 0 Å². The first-order valence-electron chi connectivity index (χ1n) is 8.87. The van der Waals surface area contributed by atoms with Crippen LogP contribution in [0.4, 0.5) is 0 Å². The molecule has 130 valence electrons. The average molecular weight is 329 g/mol. The fourth-order valence-corrected chi connectivity index (χ4v) is 3.90. The number of likely N-dealkylation sites (N-methyl/N-ethyl adjacent to an activating group) is 1. The van der Waals surface area contributed by atoms with Gasteiger partial charge >= 0.3 is 5.97 Å². The van der Waals surface area contributed by atoms with Crippen LogP contribution in [0.25, 0.3) is 10.9 Å². The van der Waals surface area contributed by atoms with Gasteiger partial charge in [-0.05, 0) is 44.0 Å². The van der Waals surface area contributed by atoms with Gasteiger partial charge in [-0.15, -0.1) is 0 Å². The molecule has 2 aromatic rings. The Morgan fingerprint density at radius 2 is 2.12 bits per heavy atom. The van der Waals surface area contributed by atoms with Crippen molar-refractivity contribution >= 4 is 16.9 Å². The van der Waals surface area contributed by atoms with E-state index in [-0.39, 0.29) is 0 Å². The number of carboxylic acid groups (broad SMARTS) is 1. The highest BCUT2D eigenvalue weighted by Crippen LogP contribution is 2.34. The molecule has 0 fully saturated rings. The van der Waals surface area contributed by atoms with Crippen molar-refractivity contribution in [2.75, 3.05) is 19.6 Å². The number of benzene rings is 1. The van der Waals surface area contributed by atoms with Crippen LogP contribution in [0.5, 0.6) is 0 Å². The second-order valence-corrected chi connectivity index (χ2v) is 6.65. The predicted octanol–water partition coefficient (Wildman–Crippen LogP) is 2.76. The molecule has 0 saturated carbocycles. The SMILES string of the molecule is CCN1CCc2c(c3ccc(C)c(C(=O)O)c3n2CCCCN)C1. The smallest absolute Gasteiger partial charge is 0.338 e. The Kier molecular flexibility index (Phi) is 4.92. The number of nitrogens with zero attached hydrogens (tertiary/aromatic N) is 2. The molecule has 1 aliphatic heterocycles. The standard InChI is InChI=1S/C19H27N3O2/c1-3-21-11-8-16-15(12-21)14-7-6-13(2)17(19(23)24)18(14)22(16)10-5-4-9-20/h6-7H,3-5,8-12,20H2,1-2H3,(H,23,24). The number of hydrogen-bond donors (Lipinski definition) is 2. The van der Waals surface area contributed by atoms with Crippen molar-refractivity contribution in [3.05, 3.63) is 34.5 Å². The van der Waals surface area contributed by atoms with Crippen LogP contribution >= 0.6 is 0 Å². The number of aryl methyl sites for hydroxylation is 2. The van der Waals surface area contributed by atoms with Crippen molar-refractivity contribution in [1.82, 2.24) is 9.47 Å². The molecule has 0 unspecified atom stereocenters. The summed E-state index contributed by atoms with van der Waals surface area (Å²) in [5, 5.41) is 10.9. The van der Waals surface area contributed by atoms with E-state index in [2.05, 4.69) is 22.5 Å². The fourth-order valence-electron chi connectivity index (χ4n) is 3.90. The first kappa shape index (κ1) is 17.0. The summed E-state index contributed by atoms with van der Waals surface area (Å²) >= 11 is 0. The van der Waals surface area contributed by atoms with E-state index in [0.29, 0.717) is 12.1 Å². The lowest BCUT2D eigenvalue weighted by molar-refractivity contribution is 0.0698. The van der Waals surface area contributed by atoms with Gasteiger partial charge in [-0.2, -0.15) is 0 Å². The van der Waals surface area contributed by atoms with Gasteiger partial charge in [0, 0.05) is 37.1 Å². The summed E-state index contributed by atoms with van der Waals surface area (Å²) in [6, 6.07) is 4.05. The van der Waals surface area contributed by atoms with Gasteiger partial charge in [0.2, 0.25) is 0 Å². The summed E-state index contributed by atoms with van der Waals surface area (Å²) < 4.78 is 2.27. The molecule has 0 saturated heterocycles. The number of nitrogens with two attached hydrogens (primary N) is 1. The topological polar surface area (TPSA) is 71.5 Å². The van der Waals surface area contributed by atoms with Crippen LogP contribution in [0.1, 0.15) is 46.9 Å². The third-order valence-electron chi connectivity index (χ3n) is 5.20. The summed E-state index contributed by atoms with van der Waals surface area (Å²) in [4.78, 5) is 14.3. The van der Waals surface area contributed by atoms with Gasteiger partial charge in [-0.25, -0.2) is 4.79 Å². The molecule has 1 aromatic carbocycles. The number of fused-ring (bicyclic) bond motifs is 3. The molecule has 24 heavy (non-hydrogen) atoms. The van der Waals surface area contributed by atoms with E-state index in [4.69, 9.17) is 5.73 Å². The van der Waals surface area contributed by atoms with Crippen LogP contribution in [-0.2, 0) is 19.5 Å². The zero-order valence-corrected chi connectivity index (χ0v) is 14.6. The van der Waals surface area contributed by atoms with E-state index in [1.54, 1.807) is 0 Å². The van der Waals surface area contributed by atoms with Crippen LogP contribution in [0, 0.1) is 6.92 Å². The number of aromatic carboxylic acids is 1. The summed E-state index contributed by atoms with van der Waals surface area (Å²) in [6.45, 7) is 8.56. The molecule has 5 nitrogen and oxygen atoms in total. The molecule has 1 aromatic heterocycles. The van der Waals surface area contributed by atoms with Crippen LogP contribution < -0.4 is 5.73 Å². The van der Waals surface area contributed by atoms with Crippen molar-refractivity contribution in [2.45, 2.75) is 46.2 Å². The van der Waals surface area contributed by atoms with Crippen LogP contribution in [0.3, 0.4) is 0 Å². The maximum absolute atomic E-state index is 11.9. The molecule has 5 heteroatoms. The monoisotopic (exact) mass is 329 g/mol. The van der Waals surface area contributed by atoms with E-state index in [0.717, 1.165) is 61.9 Å². The van der Waals surface area contributed by atoms with Crippen LogP contribution in [0.15, 0.2) is 12.1 Å². The van der Waals surface area contributed by atoms with E-state index in [9.17, 15) is 9.90 Å². The third kappa shape index (κ3) is 2.82. The lowest BCUT2D eigenvalue weighted by Gasteiger charge is -2.26. The highest BCUT2D eigenvalue weighted by atomic mass is 16.4. The van der Waals surface area contributed by atoms with E-state index in [1.807, 2.05) is 13.0 Å². The minimum atomic E-state index is -0.833. The molecule has 2 heterocycles. The lowest BCUT2D eigenvalue weighted by atomic mass is 10.0. The second-order valence-electron chi connectivity index (χ2n) is 6.65. The van der Waals surface area contributed by atoms with Crippen molar-refractivity contribution < 1.29 is 9.90 Å². The Bertz CT molecular complexity index is 764. The van der Waals surface area contributed by atoms with Crippen molar-refractivity contribution in [3.8, 4) is 0 Å². The minimum Gasteiger partial charge on any atom is -0.478 e. The number of hydrogen-bond acceptors (Lipinski definition) is 3. The molecule has 1 aliphatic rings. The van der Waals surface area contributed by atoms with Gasteiger partial charge in [-0.1, -0.05) is 19.1 Å². The first-order valence-corrected chi connectivity index (χ1v) is 8.87. The fraction of sp³-hybridized carbons (Fsp3) is 0.526. The average Bonchev–Trinajstić information content (AvgIpc) is 2.87. The van der Waals surface area contributed by atoms with E-state index < -0.39 is 5.97 Å². The summed E-state index contributed by atoms with van der Waals surface area (Å²) in [5.41, 5.74) is 10.5. The largest absolute Gasteiger partial charge is 0.478 e. The van der Waals surface area contributed by atoms with Crippen molar-refractivity contribution in [2.24, 2.45) is 5.73 Å². The highest BCUT2D eigenvalue weighted by Gasteiger charge is 2.26. The zero-order valence-electron chi connectivity index (χ0n) is 14.6. The maximum Gasteiger partial charge on any atom is 0.338 e. The van der Waals surface area contributed by atoms with Gasteiger partial charge in [0.25, 0.3) is 0 Å². The van der Waals surface area contributed by atoms with Crippen molar-refractivity contribution in [1.29, 1.82) is 0 Å². The van der Waals surface area contributed by atoms with E-state index >= 15 is 0 Å². The molecule has 0 spiro atoms. The zero-order chi connectivity index (χ0) is 17.3. The van der Waals surface area contributed by atoms with Gasteiger partial charge < -0.3 is 15.4 Å². The number of aromatic nitrogens is 1. The summed E-state index contributed by atoms with van der Waals surface area (Å²) in [5.74, 6) is -0.833. The second kappa shape index (κ2) is 6.95. The van der Waals surface area contributed by atoms with E-state index in [1.165, 1.54) is 11.3 Å². The minimum absolute atomic E-state index is 0.456. The maximum atomic E-state index is 11.9. The number of carbonyl (C=O) groups is 1. The summed E-state index contributed by atoms with van der Waals surface area (Å²) in [6.07, 6.45) is 2.93. The Morgan fingerprint density at radius 1 is 1.33 bits per heavy atom. The van der Waals surface area contributed by atoms with Gasteiger partial charge in [0.15, 0.2) is 0 Å². The Morgan fingerprint density at radius 3 is 2.79 bits per heavy atom.